The summed E-state index contributed by atoms with van der Waals surface area (Å²) in [6, 6.07) is 12.7. The maximum Gasteiger partial charge on any atom is 0.338 e. The molecule has 0 amide bonds. The van der Waals surface area contributed by atoms with Crippen LogP contribution < -0.4 is 5.73 Å². The Morgan fingerprint density at radius 3 is 2.40 bits per heavy atom. The van der Waals surface area contributed by atoms with E-state index in [2.05, 4.69) is 6.92 Å². The van der Waals surface area contributed by atoms with Crippen molar-refractivity contribution in [3.63, 3.8) is 0 Å². The summed E-state index contributed by atoms with van der Waals surface area (Å²) in [7, 11) is 0. The van der Waals surface area contributed by atoms with Crippen LogP contribution in [-0.2, 0) is 17.8 Å². The van der Waals surface area contributed by atoms with E-state index in [4.69, 9.17) is 22.1 Å². The molecule has 0 atom stereocenters. The first kappa shape index (κ1) is 14.4. The maximum atomic E-state index is 11.9. The lowest BCUT2D eigenvalue weighted by Crippen LogP contribution is -2.06. The molecule has 2 aromatic rings. The average molecular weight is 290 g/mol. The predicted molar refractivity (Wildman–Crippen MR) is 80.8 cm³/mol. The molecule has 0 radical (unpaired) electrons. The van der Waals surface area contributed by atoms with E-state index in [9.17, 15) is 4.79 Å². The van der Waals surface area contributed by atoms with Gasteiger partial charge in [-0.1, -0.05) is 42.8 Å². The molecule has 2 N–H and O–H groups in total. The average Bonchev–Trinajstić information content (AvgIpc) is 2.48. The Bertz CT molecular complexity index is 608. The summed E-state index contributed by atoms with van der Waals surface area (Å²) >= 11 is 5.81. The number of carbonyl (C=O) groups excluding carboxylic acids is 1. The number of anilines is 1. The van der Waals surface area contributed by atoms with Crippen molar-refractivity contribution in [3.8, 4) is 0 Å². The number of carbonyl (C=O) groups is 1. The third-order valence-corrected chi connectivity index (χ3v) is 3.38. The van der Waals surface area contributed by atoms with E-state index in [0.717, 1.165) is 12.0 Å². The van der Waals surface area contributed by atoms with Crippen LogP contribution in [0.3, 0.4) is 0 Å². The van der Waals surface area contributed by atoms with Crippen molar-refractivity contribution in [3.05, 3.63) is 64.2 Å². The summed E-state index contributed by atoms with van der Waals surface area (Å²) in [5.41, 5.74) is 8.64. The van der Waals surface area contributed by atoms with Crippen LogP contribution >= 0.6 is 11.6 Å². The first-order valence-electron chi connectivity index (χ1n) is 6.40. The molecule has 0 unspecified atom stereocenters. The molecule has 0 saturated heterocycles. The molecule has 4 heteroatoms. The zero-order chi connectivity index (χ0) is 14.5. The largest absolute Gasteiger partial charge is 0.457 e. The van der Waals surface area contributed by atoms with E-state index >= 15 is 0 Å². The van der Waals surface area contributed by atoms with E-state index in [-0.39, 0.29) is 6.61 Å². The minimum Gasteiger partial charge on any atom is -0.457 e. The minimum absolute atomic E-state index is 0.241. The lowest BCUT2D eigenvalue weighted by Gasteiger charge is -2.07. The quantitative estimate of drug-likeness (QED) is 0.687. The van der Waals surface area contributed by atoms with Gasteiger partial charge in [0.1, 0.15) is 6.61 Å². The fraction of sp³-hybridized carbons (Fsp3) is 0.188. The van der Waals surface area contributed by atoms with Crippen LogP contribution in [-0.4, -0.2) is 5.97 Å². The number of hydrogen-bond acceptors (Lipinski definition) is 3. The van der Waals surface area contributed by atoms with Gasteiger partial charge in [-0.15, -0.1) is 0 Å². The fourth-order valence-electron chi connectivity index (χ4n) is 1.77. The number of ether oxygens (including phenoxy) is 1. The van der Waals surface area contributed by atoms with E-state index in [1.165, 1.54) is 11.6 Å². The molecule has 20 heavy (non-hydrogen) atoms. The van der Waals surface area contributed by atoms with Crippen molar-refractivity contribution in [2.45, 2.75) is 20.0 Å². The van der Waals surface area contributed by atoms with Gasteiger partial charge >= 0.3 is 5.97 Å². The van der Waals surface area contributed by atoms with Crippen molar-refractivity contribution in [2.24, 2.45) is 0 Å². The van der Waals surface area contributed by atoms with Gasteiger partial charge < -0.3 is 10.5 Å². The summed E-state index contributed by atoms with van der Waals surface area (Å²) in [5.74, 6) is -0.409. The Kier molecular flexibility index (Phi) is 4.64. The van der Waals surface area contributed by atoms with Crippen molar-refractivity contribution in [2.75, 3.05) is 5.73 Å². The second-order valence-electron chi connectivity index (χ2n) is 4.48. The normalized spacial score (nSPS) is 10.3. The highest BCUT2D eigenvalue weighted by Crippen LogP contribution is 2.20. The molecule has 0 aliphatic carbocycles. The molecule has 104 valence electrons. The highest BCUT2D eigenvalue weighted by atomic mass is 35.5. The van der Waals surface area contributed by atoms with Gasteiger partial charge in [0, 0.05) is 0 Å². The zero-order valence-electron chi connectivity index (χ0n) is 11.2. The molecular weight excluding hydrogens is 274 g/mol. The summed E-state index contributed by atoms with van der Waals surface area (Å²) in [5, 5.41) is 0.428. The van der Waals surface area contributed by atoms with E-state index in [1.54, 1.807) is 12.1 Å². The predicted octanol–water partition coefficient (Wildman–Crippen LogP) is 3.84. The van der Waals surface area contributed by atoms with Crippen LogP contribution in [0.15, 0.2) is 42.5 Å². The van der Waals surface area contributed by atoms with Gasteiger partial charge in [-0.25, -0.2) is 4.79 Å². The summed E-state index contributed by atoms with van der Waals surface area (Å²) in [6.07, 6.45) is 0.990. The number of nitrogens with two attached hydrogens (primary N) is 1. The molecule has 0 bridgehead atoms. The molecule has 0 spiro atoms. The van der Waals surface area contributed by atoms with Crippen LogP contribution in [0.25, 0.3) is 0 Å². The lowest BCUT2D eigenvalue weighted by molar-refractivity contribution is 0.0473. The summed E-state index contributed by atoms with van der Waals surface area (Å²) < 4.78 is 5.24. The number of halogens is 1. The van der Waals surface area contributed by atoms with Gasteiger partial charge in [-0.05, 0) is 35.7 Å². The van der Waals surface area contributed by atoms with Gasteiger partial charge in [0.05, 0.1) is 16.3 Å². The van der Waals surface area contributed by atoms with Crippen molar-refractivity contribution < 1.29 is 9.53 Å². The molecule has 0 heterocycles. The SMILES string of the molecule is CCc1ccc(COC(=O)c2ccc(Cl)c(N)c2)cc1. The topological polar surface area (TPSA) is 52.3 Å². The Morgan fingerprint density at radius 2 is 1.80 bits per heavy atom. The number of benzene rings is 2. The number of hydrogen-bond donors (Lipinski definition) is 1. The smallest absolute Gasteiger partial charge is 0.338 e. The molecule has 0 aliphatic rings. The van der Waals surface area contributed by atoms with Crippen molar-refractivity contribution >= 4 is 23.3 Å². The number of rotatable bonds is 4. The second-order valence-corrected chi connectivity index (χ2v) is 4.89. The van der Waals surface area contributed by atoms with E-state index < -0.39 is 5.97 Å². The third-order valence-electron chi connectivity index (χ3n) is 3.03. The maximum absolute atomic E-state index is 11.9. The van der Waals surface area contributed by atoms with Crippen LogP contribution in [0.1, 0.15) is 28.4 Å². The Labute approximate surface area is 123 Å². The first-order chi connectivity index (χ1) is 9.60. The van der Waals surface area contributed by atoms with Gasteiger partial charge in [-0.3, -0.25) is 0 Å². The lowest BCUT2D eigenvalue weighted by atomic mass is 10.1. The number of nitrogen functional groups attached to an aromatic ring is 1. The Morgan fingerprint density at radius 1 is 1.15 bits per heavy atom. The van der Waals surface area contributed by atoms with Gasteiger partial charge in [0.2, 0.25) is 0 Å². The standard InChI is InChI=1S/C16H16ClNO2/c1-2-11-3-5-12(6-4-11)10-20-16(19)13-7-8-14(17)15(18)9-13/h3-9H,2,10,18H2,1H3. The molecule has 2 rings (SSSR count). The molecule has 2 aromatic carbocycles. The number of aryl methyl sites for hydroxylation is 1. The minimum atomic E-state index is -0.409. The molecular formula is C16H16ClNO2. The number of esters is 1. The third kappa shape index (κ3) is 3.52. The molecule has 0 aromatic heterocycles. The summed E-state index contributed by atoms with van der Waals surface area (Å²) in [4.78, 5) is 11.9. The van der Waals surface area contributed by atoms with Crippen LogP contribution in [0, 0.1) is 0 Å². The van der Waals surface area contributed by atoms with E-state index in [0.29, 0.717) is 16.3 Å². The molecule has 3 nitrogen and oxygen atoms in total. The molecule has 0 fully saturated rings. The van der Waals surface area contributed by atoms with Gasteiger partial charge in [0.25, 0.3) is 0 Å². The van der Waals surface area contributed by atoms with Crippen LogP contribution in [0.2, 0.25) is 5.02 Å². The van der Waals surface area contributed by atoms with Crippen molar-refractivity contribution in [1.82, 2.24) is 0 Å². The second kappa shape index (κ2) is 6.44. The Hall–Kier alpha value is -2.00. The molecule has 0 aliphatic heterocycles. The monoisotopic (exact) mass is 289 g/mol. The van der Waals surface area contributed by atoms with Gasteiger partial charge in [-0.2, -0.15) is 0 Å². The van der Waals surface area contributed by atoms with Crippen LogP contribution in [0.5, 0.6) is 0 Å². The first-order valence-corrected chi connectivity index (χ1v) is 6.78. The highest BCUT2D eigenvalue weighted by molar-refractivity contribution is 6.33. The Balaban J connectivity index is 1.98. The molecule has 0 saturated carbocycles. The van der Waals surface area contributed by atoms with Crippen molar-refractivity contribution in [1.29, 1.82) is 0 Å². The zero-order valence-corrected chi connectivity index (χ0v) is 12.0. The van der Waals surface area contributed by atoms with Gasteiger partial charge in [0.15, 0.2) is 0 Å². The summed E-state index contributed by atoms with van der Waals surface area (Å²) in [6.45, 7) is 2.34. The fourth-order valence-corrected chi connectivity index (χ4v) is 1.89. The van der Waals surface area contributed by atoms with Crippen LogP contribution in [0.4, 0.5) is 5.69 Å². The highest BCUT2D eigenvalue weighted by Gasteiger charge is 2.09. The van der Waals surface area contributed by atoms with E-state index in [1.807, 2.05) is 24.3 Å².